The Hall–Kier alpha value is -2.96. The standard InChI is InChI=1S/C23H29N5O2/c1-15-9-11-28(12-10-15)22-21-17(3)27-30-23(21)26-19(25-22)7-8-20(29)24-14-18-6-4-5-16(2)13-18/h4-6,13,15H,7-12,14H2,1-3H3,(H,24,29). The van der Waals surface area contributed by atoms with E-state index in [9.17, 15) is 4.79 Å². The van der Waals surface area contributed by atoms with Gasteiger partial charge in [0.05, 0.1) is 5.69 Å². The summed E-state index contributed by atoms with van der Waals surface area (Å²) in [5, 5.41) is 7.96. The average molecular weight is 408 g/mol. The molecular formula is C23H29N5O2. The monoisotopic (exact) mass is 407 g/mol. The van der Waals surface area contributed by atoms with E-state index in [1.54, 1.807) is 0 Å². The van der Waals surface area contributed by atoms with Gasteiger partial charge in [-0.25, -0.2) is 4.98 Å². The number of benzene rings is 1. The summed E-state index contributed by atoms with van der Waals surface area (Å²) in [5.41, 5.74) is 3.59. The van der Waals surface area contributed by atoms with Crippen molar-refractivity contribution in [1.82, 2.24) is 20.4 Å². The molecule has 0 aliphatic carbocycles. The van der Waals surface area contributed by atoms with Crippen LogP contribution in [-0.2, 0) is 17.8 Å². The van der Waals surface area contributed by atoms with Crippen LogP contribution in [0.5, 0.6) is 0 Å². The van der Waals surface area contributed by atoms with Gasteiger partial charge in [-0.3, -0.25) is 4.79 Å². The first kappa shape index (κ1) is 20.3. The summed E-state index contributed by atoms with van der Waals surface area (Å²) in [6.45, 7) is 8.72. The van der Waals surface area contributed by atoms with Gasteiger partial charge in [-0.2, -0.15) is 4.98 Å². The first-order valence-electron chi connectivity index (χ1n) is 10.7. The third kappa shape index (κ3) is 4.61. The van der Waals surface area contributed by atoms with Crippen molar-refractivity contribution in [2.24, 2.45) is 5.92 Å². The lowest BCUT2D eigenvalue weighted by Gasteiger charge is -2.31. The van der Waals surface area contributed by atoms with E-state index in [1.165, 1.54) is 5.56 Å². The van der Waals surface area contributed by atoms with Crippen molar-refractivity contribution in [3.8, 4) is 0 Å². The third-order valence-corrected chi connectivity index (χ3v) is 5.76. The predicted octanol–water partition coefficient (Wildman–Crippen LogP) is 3.72. The summed E-state index contributed by atoms with van der Waals surface area (Å²) in [5.74, 6) is 2.24. The molecule has 7 nitrogen and oxygen atoms in total. The van der Waals surface area contributed by atoms with Crippen LogP contribution in [-0.4, -0.2) is 34.1 Å². The molecule has 0 spiro atoms. The number of piperidine rings is 1. The van der Waals surface area contributed by atoms with Gasteiger partial charge in [0, 0.05) is 32.5 Å². The molecule has 158 valence electrons. The lowest BCUT2D eigenvalue weighted by atomic mass is 9.99. The van der Waals surface area contributed by atoms with Gasteiger partial charge in [-0.15, -0.1) is 0 Å². The van der Waals surface area contributed by atoms with Crippen molar-refractivity contribution < 1.29 is 9.32 Å². The number of anilines is 1. The maximum absolute atomic E-state index is 12.4. The van der Waals surface area contributed by atoms with Gasteiger partial charge in [0.2, 0.25) is 5.91 Å². The zero-order chi connectivity index (χ0) is 21.1. The Labute approximate surface area is 176 Å². The van der Waals surface area contributed by atoms with E-state index in [0.717, 1.165) is 54.3 Å². The highest BCUT2D eigenvalue weighted by Crippen LogP contribution is 2.30. The van der Waals surface area contributed by atoms with E-state index in [4.69, 9.17) is 9.51 Å². The number of rotatable bonds is 6. The largest absolute Gasteiger partial charge is 0.356 e. The molecule has 1 N–H and O–H groups in total. The minimum absolute atomic E-state index is 0.0118. The Bertz CT molecular complexity index is 1040. The van der Waals surface area contributed by atoms with Gasteiger partial charge in [-0.1, -0.05) is 41.9 Å². The van der Waals surface area contributed by atoms with Crippen molar-refractivity contribution in [3.63, 3.8) is 0 Å². The van der Waals surface area contributed by atoms with Gasteiger partial charge in [0.1, 0.15) is 17.0 Å². The summed E-state index contributed by atoms with van der Waals surface area (Å²) in [6, 6.07) is 8.14. The molecule has 0 saturated carbocycles. The number of hydrogen-bond acceptors (Lipinski definition) is 6. The van der Waals surface area contributed by atoms with Gasteiger partial charge >= 0.3 is 0 Å². The summed E-state index contributed by atoms with van der Waals surface area (Å²) < 4.78 is 5.44. The zero-order valence-electron chi connectivity index (χ0n) is 17.9. The van der Waals surface area contributed by atoms with Crippen molar-refractivity contribution in [3.05, 3.63) is 46.9 Å². The van der Waals surface area contributed by atoms with Crippen molar-refractivity contribution in [1.29, 1.82) is 0 Å². The number of aromatic nitrogens is 3. The molecule has 0 unspecified atom stereocenters. The summed E-state index contributed by atoms with van der Waals surface area (Å²) >= 11 is 0. The number of nitrogens with zero attached hydrogens (tertiary/aromatic N) is 4. The molecule has 1 aliphatic heterocycles. The molecule has 3 heterocycles. The first-order chi connectivity index (χ1) is 14.5. The number of nitrogens with one attached hydrogen (secondary N) is 1. The molecule has 1 saturated heterocycles. The molecule has 30 heavy (non-hydrogen) atoms. The number of carbonyl (C=O) groups is 1. The highest BCUT2D eigenvalue weighted by Gasteiger charge is 2.23. The fourth-order valence-electron chi connectivity index (χ4n) is 3.91. The highest BCUT2D eigenvalue weighted by atomic mass is 16.5. The Morgan fingerprint density at radius 3 is 2.80 bits per heavy atom. The van der Waals surface area contributed by atoms with Gasteiger partial charge < -0.3 is 14.7 Å². The third-order valence-electron chi connectivity index (χ3n) is 5.76. The predicted molar refractivity (Wildman–Crippen MR) is 116 cm³/mol. The molecule has 1 amide bonds. The Kier molecular flexibility index (Phi) is 5.97. The van der Waals surface area contributed by atoms with Crippen molar-refractivity contribution in [2.75, 3.05) is 18.0 Å². The zero-order valence-corrected chi connectivity index (χ0v) is 17.9. The molecule has 3 aromatic rings. The van der Waals surface area contributed by atoms with Gasteiger partial charge in [0.15, 0.2) is 0 Å². The second kappa shape index (κ2) is 8.81. The molecule has 1 fully saturated rings. The number of carbonyl (C=O) groups excluding carboxylic acids is 1. The van der Waals surface area contributed by atoms with Crippen LogP contribution < -0.4 is 10.2 Å². The number of aryl methyl sites for hydroxylation is 3. The van der Waals surface area contributed by atoms with Crippen LogP contribution in [0.3, 0.4) is 0 Å². The minimum atomic E-state index is -0.0118. The molecule has 1 aromatic carbocycles. The van der Waals surface area contributed by atoms with Gasteiger partial charge in [-0.05, 0) is 38.2 Å². The van der Waals surface area contributed by atoms with E-state index >= 15 is 0 Å². The highest BCUT2D eigenvalue weighted by molar-refractivity contribution is 5.88. The minimum Gasteiger partial charge on any atom is -0.356 e. The van der Waals surface area contributed by atoms with Crippen LogP contribution in [0.15, 0.2) is 28.8 Å². The van der Waals surface area contributed by atoms with Crippen LogP contribution in [0, 0.1) is 19.8 Å². The smallest absolute Gasteiger partial charge is 0.263 e. The van der Waals surface area contributed by atoms with Crippen LogP contribution in [0.4, 0.5) is 5.82 Å². The Morgan fingerprint density at radius 2 is 2.03 bits per heavy atom. The summed E-state index contributed by atoms with van der Waals surface area (Å²) in [7, 11) is 0. The van der Waals surface area contributed by atoms with E-state index in [1.807, 2.05) is 32.0 Å². The molecule has 7 heteroatoms. The normalized spacial score (nSPS) is 15.0. The first-order valence-corrected chi connectivity index (χ1v) is 10.7. The molecule has 1 aliphatic rings. The maximum Gasteiger partial charge on any atom is 0.263 e. The van der Waals surface area contributed by atoms with E-state index in [2.05, 4.69) is 33.3 Å². The second-order valence-corrected chi connectivity index (χ2v) is 8.35. The van der Waals surface area contributed by atoms with E-state index in [0.29, 0.717) is 30.9 Å². The van der Waals surface area contributed by atoms with E-state index in [-0.39, 0.29) is 5.91 Å². The molecule has 0 radical (unpaired) electrons. The van der Waals surface area contributed by atoms with E-state index < -0.39 is 0 Å². The lowest BCUT2D eigenvalue weighted by Crippen LogP contribution is -2.34. The Morgan fingerprint density at radius 1 is 1.23 bits per heavy atom. The topological polar surface area (TPSA) is 84.2 Å². The average Bonchev–Trinajstić information content (AvgIpc) is 3.12. The summed E-state index contributed by atoms with van der Waals surface area (Å²) in [6.07, 6.45) is 3.09. The van der Waals surface area contributed by atoms with Crippen LogP contribution in [0.25, 0.3) is 11.1 Å². The summed E-state index contributed by atoms with van der Waals surface area (Å²) in [4.78, 5) is 24.0. The number of hydrogen-bond donors (Lipinski definition) is 1. The number of amides is 1. The van der Waals surface area contributed by atoms with Gasteiger partial charge in [0.25, 0.3) is 5.71 Å². The molecule has 0 bridgehead atoms. The van der Waals surface area contributed by atoms with Crippen LogP contribution in [0.2, 0.25) is 0 Å². The molecule has 4 rings (SSSR count). The van der Waals surface area contributed by atoms with Crippen molar-refractivity contribution in [2.45, 2.75) is 53.0 Å². The quantitative estimate of drug-likeness (QED) is 0.670. The molecule has 2 aromatic heterocycles. The molecular weight excluding hydrogens is 378 g/mol. The lowest BCUT2D eigenvalue weighted by molar-refractivity contribution is -0.121. The Balaban J connectivity index is 1.44. The maximum atomic E-state index is 12.4. The van der Waals surface area contributed by atoms with Crippen LogP contribution in [0.1, 0.15) is 48.8 Å². The fraction of sp³-hybridized carbons (Fsp3) is 0.478. The SMILES string of the molecule is Cc1cccc(CNC(=O)CCc2nc(N3CCC(C)CC3)c3c(C)noc3n2)c1. The van der Waals surface area contributed by atoms with Crippen molar-refractivity contribution >= 4 is 22.8 Å². The molecule has 0 atom stereocenters. The number of fused-ring (bicyclic) bond motifs is 1. The fourth-order valence-corrected chi connectivity index (χ4v) is 3.91. The van der Waals surface area contributed by atoms with Crippen LogP contribution >= 0.6 is 0 Å². The second-order valence-electron chi connectivity index (χ2n) is 8.35.